The fourth-order valence-electron chi connectivity index (χ4n) is 4.18. The molecule has 1 fully saturated rings. The minimum atomic E-state index is -1.10. The van der Waals surface area contributed by atoms with Gasteiger partial charge in [0.1, 0.15) is 12.3 Å². The maximum atomic E-state index is 14.2. The lowest BCUT2D eigenvalue weighted by molar-refractivity contribution is -0.143. The van der Waals surface area contributed by atoms with Crippen LogP contribution in [0.4, 0.5) is 4.39 Å². The molecule has 3 rings (SSSR count). The summed E-state index contributed by atoms with van der Waals surface area (Å²) in [5.74, 6) is -0.111. The number of aliphatic hydroxyl groups is 1. The highest BCUT2D eigenvalue weighted by Crippen LogP contribution is 2.27. The van der Waals surface area contributed by atoms with Crippen LogP contribution in [0.3, 0.4) is 0 Å². The van der Waals surface area contributed by atoms with Gasteiger partial charge in [-0.3, -0.25) is 4.79 Å². The van der Waals surface area contributed by atoms with Crippen molar-refractivity contribution in [2.75, 3.05) is 13.1 Å². The standard InChI is InChI=1S/C26H35FN2O2/c1-17(2)19-10-12-21(13-11-19)24(20-8-6-5-7-9-20)28-15-23-14-22(27)16-29(23)26(31)25(30)18(3)4/h5-13,17-18,22-25,28,30H,14-16H2,1-4H3/t22-,23+,24+,25?/m1/s1. The molecule has 0 aromatic heterocycles. The summed E-state index contributed by atoms with van der Waals surface area (Å²) in [7, 11) is 0. The van der Waals surface area contributed by atoms with E-state index in [0.29, 0.717) is 12.5 Å². The van der Waals surface area contributed by atoms with Crippen LogP contribution in [0, 0.1) is 5.92 Å². The monoisotopic (exact) mass is 426 g/mol. The summed E-state index contributed by atoms with van der Waals surface area (Å²) in [6.07, 6.45) is -1.87. The highest BCUT2D eigenvalue weighted by atomic mass is 19.1. The summed E-state index contributed by atoms with van der Waals surface area (Å²) in [6.45, 7) is 8.45. The Hall–Kier alpha value is -2.24. The van der Waals surface area contributed by atoms with Crippen molar-refractivity contribution in [3.8, 4) is 0 Å². The second-order valence-corrected chi connectivity index (χ2v) is 9.24. The van der Waals surface area contributed by atoms with Crippen LogP contribution in [0.15, 0.2) is 54.6 Å². The van der Waals surface area contributed by atoms with E-state index in [-0.39, 0.29) is 36.9 Å². The first-order chi connectivity index (χ1) is 14.8. The average Bonchev–Trinajstić information content (AvgIpc) is 3.14. The second-order valence-electron chi connectivity index (χ2n) is 9.24. The first kappa shape index (κ1) is 23.4. The minimum absolute atomic E-state index is 0.0497. The Kier molecular flexibility index (Phi) is 7.84. The maximum Gasteiger partial charge on any atom is 0.252 e. The third-order valence-electron chi connectivity index (χ3n) is 6.16. The van der Waals surface area contributed by atoms with Crippen molar-refractivity contribution in [3.05, 3.63) is 71.3 Å². The molecule has 2 N–H and O–H groups in total. The van der Waals surface area contributed by atoms with E-state index in [4.69, 9.17) is 0 Å². The van der Waals surface area contributed by atoms with Crippen molar-refractivity contribution in [2.45, 2.75) is 64.4 Å². The van der Waals surface area contributed by atoms with Gasteiger partial charge in [-0.25, -0.2) is 4.39 Å². The van der Waals surface area contributed by atoms with Gasteiger partial charge in [0.25, 0.3) is 5.91 Å². The van der Waals surface area contributed by atoms with Gasteiger partial charge >= 0.3 is 0 Å². The molecule has 0 radical (unpaired) electrons. The fourth-order valence-corrected chi connectivity index (χ4v) is 4.18. The molecule has 168 valence electrons. The molecule has 1 aliphatic rings. The molecule has 0 spiro atoms. The second kappa shape index (κ2) is 10.4. The van der Waals surface area contributed by atoms with E-state index < -0.39 is 12.3 Å². The molecule has 1 amide bonds. The molecule has 0 saturated carbocycles. The summed E-state index contributed by atoms with van der Waals surface area (Å²) in [5.41, 5.74) is 3.53. The number of aliphatic hydroxyl groups excluding tert-OH is 1. The number of alkyl halides is 1. The molecule has 4 atom stereocenters. The number of carbonyl (C=O) groups is 1. The van der Waals surface area contributed by atoms with Crippen LogP contribution in [0.1, 0.15) is 62.8 Å². The number of carbonyl (C=O) groups excluding carboxylic acids is 1. The Morgan fingerprint density at radius 3 is 2.19 bits per heavy atom. The number of halogens is 1. The van der Waals surface area contributed by atoms with Crippen LogP contribution in [0.2, 0.25) is 0 Å². The quantitative estimate of drug-likeness (QED) is 0.656. The van der Waals surface area contributed by atoms with E-state index in [1.54, 1.807) is 13.8 Å². The number of amides is 1. The van der Waals surface area contributed by atoms with Crippen molar-refractivity contribution in [1.82, 2.24) is 10.2 Å². The molecule has 1 saturated heterocycles. The molecule has 5 heteroatoms. The lowest BCUT2D eigenvalue weighted by atomic mass is 9.95. The number of nitrogens with one attached hydrogen (secondary N) is 1. The smallest absolute Gasteiger partial charge is 0.252 e. The summed E-state index contributed by atoms with van der Waals surface area (Å²) in [6, 6.07) is 18.4. The van der Waals surface area contributed by atoms with Crippen LogP contribution < -0.4 is 5.32 Å². The molecule has 2 aromatic rings. The molecule has 2 aromatic carbocycles. The van der Waals surface area contributed by atoms with Crippen molar-refractivity contribution >= 4 is 5.91 Å². The first-order valence-corrected chi connectivity index (χ1v) is 11.3. The first-order valence-electron chi connectivity index (χ1n) is 11.3. The van der Waals surface area contributed by atoms with Crippen molar-refractivity contribution in [3.63, 3.8) is 0 Å². The number of rotatable bonds is 8. The van der Waals surface area contributed by atoms with Crippen LogP contribution in [-0.2, 0) is 4.79 Å². The number of hydrogen-bond acceptors (Lipinski definition) is 3. The third kappa shape index (κ3) is 5.72. The van der Waals surface area contributed by atoms with E-state index in [1.165, 1.54) is 10.5 Å². The zero-order valence-corrected chi connectivity index (χ0v) is 19.0. The number of benzene rings is 2. The van der Waals surface area contributed by atoms with Gasteiger partial charge in [-0.05, 0) is 28.5 Å². The van der Waals surface area contributed by atoms with Gasteiger partial charge in [0.15, 0.2) is 0 Å². The number of likely N-dealkylation sites (tertiary alicyclic amines) is 1. The Balaban J connectivity index is 1.79. The van der Waals surface area contributed by atoms with Crippen LogP contribution in [0.25, 0.3) is 0 Å². The highest BCUT2D eigenvalue weighted by molar-refractivity contribution is 5.81. The van der Waals surface area contributed by atoms with Crippen molar-refractivity contribution in [2.24, 2.45) is 5.92 Å². The lowest BCUT2D eigenvalue weighted by Gasteiger charge is -2.30. The van der Waals surface area contributed by atoms with Gasteiger partial charge < -0.3 is 15.3 Å². The molecule has 1 aliphatic heterocycles. The fraction of sp³-hybridized carbons (Fsp3) is 0.500. The van der Waals surface area contributed by atoms with E-state index in [1.807, 2.05) is 18.2 Å². The molecule has 0 aliphatic carbocycles. The zero-order chi connectivity index (χ0) is 22.5. The molecule has 1 heterocycles. The summed E-state index contributed by atoms with van der Waals surface area (Å²) in [4.78, 5) is 14.2. The van der Waals surface area contributed by atoms with E-state index in [9.17, 15) is 14.3 Å². The molecular formula is C26H35FN2O2. The predicted molar refractivity (Wildman–Crippen MR) is 123 cm³/mol. The molecule has 4 nitrogen and oxygen atoms in total. The predicted octanol–water partition coefficient (Wildman–Crippen LogP) is 4.44. The average molecular weight is 427 g/mol. The minimum Gasteiger partial charge on any atom is -0.383 e. The number of hydrogen-bond donors (Lipinski definition) is 2. The SMILES string of the molecule is CC(C)c1ccc([C@@H](NC[C@@H]2C[C@@H](F)CN2C(=O)C(O)C(C)C)c2ccccc2)cc1. The van der Waals surface area contributed by atoms with Gasteiger partial charge in [-0.1, -0.05) is 82.3 Å². The Labute approximate surface area is 185 Å². The Morgan fingerprint density at radius 1 is 1.03 bits per heavy atom. The topological polar surface area (TPSA) is 52.6 Å². The Bertz CT molecular complexity index is 838. The van der Waals surface area contributed by atoms with Gasteiger partial charge in [-0.15, -0.1) is 0 Å². The molecule has 31 heavy (non-hydrogen) atoms. The van der Waals surface area contributed by atoms with Gasteiger partial charge in [0.05, 0.1) is 12.6 Å². The van der Waals surface area contributed by atoms with E-state index in [2.05, 4.69) is 55.6 Å². The van der Waals surface area contributed by atoms with Gasteiger partial charge in [0, 0.05) is 19.0 Å². The molecular weight excluding hydrogens is 391 g/mol. The largest absolute Gasteiger partial charge is 0.383 e. The maximum absolute atomic E-state index is 14.2. The lowest BCUT2D eigenvalue weighted by Crippen LogP contribution is -2.48. The van der Waals surface area contributed by atoms with Crippen LogP contribution in [-0.4, -0.2) is 47.3 Å². The van der Waals surface area contributed by atoms with Crippen molar-refractivity contribution < 1.29 is 14.3 Å². The van der Waals surface area contributed by atoms with Crippen LogP contribution >= 0.6 is 0 Å². The summed E-state index contributed by atoms with van der Waals surface area (Å²) >= 11 is 0. The number of nitrogens with zero attached hydrogens (tertiary/aromatic N) is 1. The summed E-state index contributed by atoms with van der Waals surface area (Å²) < 4.78 is 14.2. The normalized spacial score (nSPS) is 21.0. The van der Waals surface area contributed by atoms with E-state index >= 15 is 0 Å². The Morgan fingerprint density at radius 2 is 1.61 bits per heavy atom. The van der Waals surface area contributed by atoms with E-state index in [0.717, 1.165) is 11.1 Å². The zero-order valence-electron chi connectivity index (χ0n) is 19.0. The highest BCUT2D eigenvalue weighted by Gasteiger charge is 2.38. The summed E-state index contributed by atoms with van der Waals surface area (Å²) in [5, 5.41) is 13.8. The van der Waals surface area contributed by atoms with Gasteiger partial charge in [0.2, 0.25) is 0 Å². The molecule has 1 unspecified atom stereocenters. The van der Waals surface area contributed by atoms with Crippen molar-refractivity contribution in [1.29, 1.82) is 0 Å². The van der Waals surface area contributed by atoms with Crippen LogP contribution in [0.5, 0.6) is 0 Å². The van der Waals surface area contributed by atoms with Gasteiger partial charge in [-0.2, -0.15) is 0 Å². The molecule has 0 bridgehead atoms. The third-order valence-corrected chi connectivity index (χ3v) is 6.16.